The van der Waals surface area contributed by atoms with Crippen molar-refractivity contribution in [3.05, 3.63) is 17.2 Å². The molecule has 0 N–H and O–H groups in total. The molecule has 2 unspecified atom stereocenters. The fourth-order valence-electron chi connectivity index (χ4n) is 4.12. The molecule has 10 heteroatoms. The largest absolute Gasteiger partial charge is 0.463 e. The van der Waals surface area contributed by atoms with Gasteiger partial charge in [-0.2, -0.15) is 9.97 Å². The van der Waals surface area contributed by atoms with Gasteiger partial charge in [-0.3, -0.25) is 0 Å². The number of anilines is 1. The molecule has 2 aromatic heterocycles. The summed E-state index contributed by atoms with van der Waals surface area (Å²) in [4.78, 5) is 15.4. The predicted molar refractivity (Wildman–Crippen MR) is 133 cm³/mol. The van der Waals surface area contributed by atoms with Crippen LogP contribution in [-0.4, -0.2) is 61.8 Å². The molecule has 3 aliphatic rings. The lowest BCUT2D eigenvalue weighted by atomic mass is 10.1. The topological polar surface area (TPSA) is 69.6 Å². The molecule has 1 saturated heterocycles. The van der Waals surface area contributed by atoms with Gasteiger partial charge in [-0.05, 0) is 43.8 Å². The molecule has 2 aromatic rings. The Hall–Kier alpha value is -1.55. The van der Waals surface area contributed by atoms with Crippen LogP contribution in [-0.2, 0) is 9.16 Å². The molecule has 0 radical (unpaired) electrons. The molecule has 1 aliphatic heterocycles. The Bertz CT molecular complexity index is 1090. The van der Waals surface area contributed by atoms with E-state index in [4.69, 9.17) is 30.5 Å². The van der Waals surface area contributed by atoms with E-state index >= 15 is 0 Å². The number of ether oxygens (including phenoxy) is 2. The molecule has 5 rings (SSSR count). The minimum absolute atomic E-state index is 0.0273. The van der Waals surface area contributed by atoms with Gasteiger partial charge in [-0.25, -0.2) is 9.37 Å². The van der Waals surface area contributed by atoms with Crippen LogP contribution < -0.4 is 9.64 Å². The van der Waals surface area contributed by atoms with Crippen LogP contribution in [0.4, 0.5) is 10.2 Å². The van der Waals surface area contributed by atoms with Crippen molar-refractivity contribution in [3.63, 3.8) is 0 Å². The van der Waals surface area contributed by atoms with Crippen LogP contribution in [0.2, 0.25) is 23.3 Å². The highest BCUT2D eigenvalue weighted by Gasteiger charge is 2.48. The molecule has 0 bridgehead atoms. The lowest BCUT2D eigenvalue weighted by Gasteiger charge is -2.37. The fraction of sp³-hybridized carbons (Fsp3) is 0.708. The van der Waals surface area contributed by atoms with E-state index in [1.807, 2.05) is 0 Å². The second-order valence-corrected chi connectivity index (χ2v) is 16.7. The molecule has 186 valence electrons. The molecule has 2 saturated carbocycles. The Balaban J connectivity index is 1.39. The van der Waals surface area contributed by atoms with Crippen molar-refractivity contribution < 1.29 is 18.3 Å². The fourth-order valence-corrected chi connectivity index (χ4v) is 5.36. The highest BCUT2D eigenvalue weighted by molar-refractivity contribution is 6.74. The molecule has 2 atom stereocenters. The van der Waals surface area contributed by atoms with Crippen LogP contribution in [0.15, 0.2) is 6.20 Å². The summed E-state index contributed by atoms with van der Waals surface area (Å²) in [5, 5.41) is 0.500. The zero-order valence-electron chi connectivity index (χ0n) is 20.7. The summed E-state index contributed by atoms with van der Waals surface area (Å²) >= 11 is 5.99. The van der Waals surface area contributed by atoms with E-state index in [0.29, 0.717) is 24.4 Å². The lowest BCUT2D eigenvalue weighted by Crippen LogP contribution is -2.42. The van der Waals surface area contributed by atoms with E-state index in [1.54, 1.807) is 6.20 Å². The van der Waals surface area contributed by atoms with Crippen LogP contribution in [0.3, 0.4) is 0 Å². The third-order valence-electron chi connectivity index (χ3n) is 7.86. The zero-order chi connectivity index (χ0) is 24.3. The summed E-state index contributed by atoms with van der Waals surface area (Å²) in [5.74, 6) is -0.00285. The summed E-state index contributed by atoms with van der Waals surface area (Å²) < 4.78 is 33.4. The molecule has 2 aliphatic carbocycles. The molecule has 34 heavy (non-hydrogen) atoms. The van der Waals surface area contributed by atoms with Gasteiger partial charge in [0.2, 0.25) is 0 Å². The standard InChI is InChI=1S/C24H34ClFN4O3Si/c1-23(2,3)34(4,5)33-14-24(7-8-24)13-32-22-28-19-15(12-27-20(25)18(19)26)21(29-22)30-9-6-10-31-17-11-16(17)30/h12,16-17H,6-11,13-14H2,1-5H3. The van der Waals surface area contributed by atoms with E-state index in [9.17, 15) is 4.39 Å². The Labute approximate surface area is 206 Å². The molecular formula is C24H34ClFN4O3Si. The van der Waals surface area contributed by atoms with Crippen LogP contribution in [0.25, 0.3) is 10.9 Å². The van der Waals surface area contributed by atoms with Crippen molar-refractivity contribution >= 4 is 36.6 Å². The SMILES string of the molecule is CC(C)(C)[Si](C)(C)OCC1(COc2nc(N3CCCOC4CC43)c3cnc(Cl)c(F)c3n2)CC1. The number of aromatic nitrogens is 3. The number of fused-ring (bicyclic) bond motifs is 2. The summed E-state index contributed by atoms with van der Waals surface area (Å²) in [6.45, 7) is 13.9. The van der Waals surface area contributed by atoms with Gasteiger partial charge in [0.1, 0.15) is 11.3 Å². The van der Waals surface area contributed by atoms with Crippen molar-refractivity contribution in [2.24, 2.45) is 5.41 Å². The second-order valence-electron chi connectivity index (χ2n) is 11.6. The Morgan fingerprint density at radius 1 is 1.26 bits per heavy atom. The van der Waals surface area contributed by atoms with Crippen molar-refractivity contribution in [2.75, 3.05) is 31.3 Å². The highest BCUT2D eigenvalue weighted by atomic mass is 35.5. The van der Waals surface area contributed by atoms with Gasteiger partial charge in [-0.15, -0.1) is 0 Å². The van der Waals surface area contributed by atoms with Gasteiger partial charge >= 0.3 is 6.01 Å². The Morgan fingerprint density at radius 2 is 2.03 bits per heavy atom. The molecule has 0 aromatic carbocycles. The number of pyridine rings is 1. The van der Waals surface area contributed by atoms with Crippen molar-refractivity contribution in [3.8, 4) is 6.01 Å². The molecule has 7 nitrogen and oxygen atoms in total. The molecule has 3 heterocycles. The smallest absolute Gasteiger partial charge is 0.319 e. The average Bonchev–Trinajstić information content (AvgIpc) is 3.67. The maximum atomic E-state index is 15.0. The highest BCUT2D eigenvalue weighted by Crippen LogP contribution is 2.48. The van der Waals surface area contributed by atoms with Gasteiger partial charge in [0.15, 0.2) is 19.3 Å². The van der Waals surface area contributed by atoms with Crippen LogP contribution in [0.1, 0.15) is 46.5 Å². The first-order chi connectivity index (χ1) is 16.0. The van der Waals surface area contributed by atoms with Crippen LogP contribution in [0, 0.1) is 11.2 Å². The maximum absolute atomic E-state index is 15.0. The summed E-state index contributed by atoms with van der Waals surface area (Å²) in [5.41, 5.74) is 0.116. The Morgan fingerprint density at radius 3 is 2.74 bits per heavy atom. The molecule has 3 fully saturated rings. The first kappa shape index (κ1) is 24.2. The third kappa shape index (κ3) is 4.64. The summed E-state index contributed by atoms with van der Waals surface area (Å²) in [7, 11) is -1.85. The molecule has 0 amide bonds. The lowest BCUT2D eigenvalue weighted by molar-refractivity contribution is 0.123. The summed E-state index contributed by atoms with van der Waals surface area (Å²) in [6, 6.07) is 0.407. The van der Waals surface area contributed by atoms with Gasteiger partial charge in [0.25, 0.3) is 0 Å². The predicted octanol–water partition coefficient (Wildman–Crippen LogP) is 5.37. The first-order valence-corrected chi connectivity index (χ1v) is 15.5. The van der Waals surface area contributed by atoms with Crippen molar-refractivity contribution in [2.45, 2.75) is 76.7 Å². The monoisotopic (exact) mass is 508 g/mol. The molecular weight excluding hydrogens is 475 g/mol. The van der Waals surface area contributed by atoms with E-state index in [0.717, 1.165) is 38.8 Å². The molecule has 0 spiro atoms. The quantitative estimate of drug-likeness (QED) is 0.368. The number of hydrogen-bond acceptors (Lipinski definition) is 7. The number of halogens is 2. The van der Waals surface area contributed by atoms with E-state index in [1.165, 1.54) is 0 Å². The van der Waals surface area contributed by atoms with Crippen LogP contribution >= 0.6 is 11.6 Å². The zero-order valence-corrected chi connectivity index (χ0v) is 22.4. The van der Waals surface area contributed by atoms with Crippen LogP contribution in [0.5, 0.6) is 6.01 Å². The second kappa shape index (κ2) is 8.53. The Kier molecular flexibility index (Phi) is 6.06. The van der Waals surface area contributed by atoms with Crippen molar-refractivity contribution in [1.82, 2.24) is 15.0 Å². The van der Waals surface area contributed by atoms with Gasteiger partial charge in [0, 0.05) is 31.4 Å². The maximum Gasteiger partial charge on any atom is 0.319 e. The van der Waals surface area contributed by atoms with Crippen molar-refractivity contribution in [1.29, 1.82) is 0 Å². The minimum atomic E-state index is -1.85. The van der Waals surface area contributed by atoms with E-state index in [-0.39, 0.29) is 39.3 Å². The third-order valence-corrected chi connectivity index (χ3v) is 12.6. The average molecular weight is 509 g/mol. The minimum Gasteiger partial charge on any atom is -0.463 e. The first-order valence-electron chi connectivity index (χ1n) is 12.2. The van der Waals surface area contributed by atoms with E-state index in [2.05, 4.69) is 48.7 Å². The normalized spacial score (nSPS) is 24.0. The summed E-state index contributed by atoms with van der Waals surface area (Å²) in [6.07, 6.45) is 5.66. The number of rotatable bonds is 7. The van der Waals surface area contributed by atoms with E-state index < -0.39 is 14.1 Å². The van der Waals surface area contributed by atoms with Gasteiger partial charge in [0.05, 0.1) is 24.1 Å². The number of nitrogens with zero attached hydrogens (tertiary/aromatic N) is 4. The van der Waals surface area contributed by atoms with Gasteiger partial charge < -0.3 is 18.8 Å². The van der Waals surface area contributed by atoms with Gasteiger partial charge in [-0.1, -0.05) is 32.4 Å². The number of hydrogen-bond donors (Lipinski definition) is 0.